The molecular formula is C23H37N3O. The van der Waals surface area contributed by atoms with Gasteiger partial charge in [-0.15, -0.1) is 0 Å². The first kappa shape index (κ1) is 20.3. The fourth-order valence-corrected chi connectivity index (χ4v) is 4.64. The zero-order valence-corrected chi connectivity index (χ0v) is 17.3. The van der Waals surface area contributed by atoms with E-state index in [-0.39, 0.29) is 5.92 Å². The zero-order chi connectivity index (χ0) is 19.1. The molecule has 150 valence electrons. The highest BCUT2D eigenvalue weighted by Crippen LogP contribution is 2.25. The molecule has 2 saturated heterocycles. The van der Waals surface area contributed by atoms with Crippen LogP contribution in [0.5, 0.6) is 0 Å². The van der Waals surface area contributed by atoms with Crippen molar-refractivity contribution in [1.82, 2.24) is 14.7 Å². The molecule has 2 fully saturated rings. The summed E-state index contributed by atoms with van der Waals surface area (Å²) in [6.07, 6.45) is 6.97. The summed E-state index contributed by atoms with van der Waals surface area (Å²) in [6, 6.07) is 11.5. The molecule has 0 radical (unpaired) electrons. The molecule has 2 aliphatic rings. The molecule has 0 saturated carbocycles. The Morgan fingerprint density at radius 2 is 1.85 bits per heavy atom. The molecule has 0 N–H and O–H groups in total. The predicted octanol–water partition coefficient (Wildman–Crippen LogP) is 3.62. The normalized spacial score (nSPS) is 22.7. The lowest BCUT2D eigenvalue weighted by atomic mass is 9.92. The molecule has 0 aliphatic carbocycles. The van der Waals surface area contributed by atoms with Crippen LogP contribution in [0.25, 0.3) is 0 Å². The van der Waals surface area contributed by atoms with E-state index < -0.39 is 0 Å². The van der Waals surface area contributed by atoms with Gasteiger partial charge in [-0.2, -0.15) is 0 Å². The highest BCUT2D eigenvalue weighted by Gasteiger charge is 2.32. The molecular weight excluding hydrogens is 334 g/mol. The van der Waals surface area contributed by atoms with Crippen LogP contribution in [0.4, 0.5) is 0 Å². The first-order valence-corrected chi connectivity index (χ1v) is 10.9. The van der Waals surface area contributed by atoms with Crippen molar-refractivity contribution in [2.45, 2.75) is 58.0 Å². The second-order valence-electron chi connectivity index (χ2n) is 8.44. The van der Waals surface area contributed by atoms with E-state index >= 15 is 0 Å². The number of amides is 1. The van der Waals surface area contributed by atoms with E-state index in [0.717, 1.165) is 38.9 Å². The number of hydrogen-bond donors (Lipinski definition) is 0. The quantitative estimate of drug-likeness (QED) is 0.732. The van der Waals surface area contributed by atoms with Gasteiger partial charge in [-0.25, -0.2) is 0 Å². The van der Waals surface area contributed by atoms with Gasteiger partial charge in [0, 0.05) is 32.7 Å². The molecule has 0 unspecified atom stereocenters. The second-order valence-corrected chi connectivity index (χ2v) is 8.44. The maximum Gasteiger partial charge on any atom is 0.226 e. The minimum atomic E-state index is 0.211. The number of piperidine rings is 2. The molecule has 4 nitrogen and oxygen atoms in total. The summed E-state index contributed by atoms with van der Waals surface area (Å²) in [5.74, 6) is 0.581. The van der Waals surface area contributed by atoms with Crippen LogP contribution in [0, 0.1) is 5.92 Å². The Hall–Kier alpha value is -1.39. The van der Waals surface area contributed by atoms with Gasteiger partial charge < -0.3 is 4.90 Å². The summed E-state index contributed by atoms with van der Waals surface area (Å²) >= 11 is 0. The Labute approximate surface area is 165 Å². The van der Waals surface area contributed by atoms with Crippen LogP contribution in [0.2, 0.25) is 0 Å². The average molecular weight is 372 g/mol. The summed E-state index contributed by atoms with van der Waals surface area (Å²) < 4.78 is 0. The summed E-state index contributed by atoms with van der Waals surface area (Å²) in [4.78, 5) is 20.0. The third-order valence-electron chi connectivity index (χ3n) is 6.35. The van der Waals surface area contributed by atoms with E-state index in [9.17, 15) is 4.79 Å². The molecule has 2 aliphatic heterocycles. The lowest BCUT2D eigenvalue weighted by Crippen LogP contribution is -2.50. The van der Waals surface area contributed by atoms with Crippen LogP contribution >= 0.6 is 0 Å². The van der Waals surface area contributed by atoms with Gasteiger partial charge >= 0.3 is 0 Å². The van der Waals surface area contributed by atoms with Crippen molar-refractivity contribution >= 4 is 5.91 Å². The largest absolute Gasteiger partial charge is 0.345 e. The number of likely N-dealkylation sites (tertiary alicyclic amines) is 2. The van der Waals surface area contributed by atoms with Crippen molar-refractivity contribution in [3.8, 4) is 0 Å². The SMILES string of the molecule is CCCCN(C)C(=O)[C@@H]1CCCN(C2CCN(Cc3ccccc3)CC2)C1. The maximum absolute atomic E-state index is 12.8. The number of rotatable bonds is 7. The number of benzene rings is 1. The molecule has 27 heavy (non-hydrogen) atoms. The van der Waals surface area contributed by atoms with Crippen molar-refractivity contribution in [3.05, 3.63) is 35.9 Å². The average Bonchev–Trinajstić information content (AvgIpc) is 2.73. The van der Waals surface area contributed by atoms with Crippen molar-refractivity contribution < 1.29 is 4.79 Å². The molecule has 1 aromatic rings. The molecule has 2 heterocycles. The van der Waals surface area contributed by atoms with Gasteiger partial charge in [-0.3, -0.25) is 14.6 Å². The van der Waals surface area contributed by atoms with Crippen molar-refractivity contribution in [2.75, 3.05) is 39.8 Å². The van der Waals surface area contributed by atoms with E-state index in [1.54, 1.807) is 0 Å². The maximum atomic E-state index is 12.8. The van der Waals surface area contributed by atoms with E-state index in [1.807, 2.05) is 11.9 Å². The predicted molar refractivity (Wildman–Crippen MR) is 112 cm³/mol. The number of unbranched alkanes of at least 4 members (excludes halogenated alkanes) is 1. The molecule has 1 atom stereocenters. The summed E-state index contributed by atoms with van der Waals surface area (Å²) in [7, 11) is 1.99. The Morgan fingerprint density at radius 1 is 1.11 bits per heavy atom. The van der Waals surface area contributed by atoms with E-state index in [2.05, 4.69) is 47.1 Å². The molecule has 4 heteroatoms. The van der Waals surface area contributed by atoms with Crippen molar-refractivity contribution in [1.29, 1.82) is 0 Å². The van der Waals surface area contributed by atoms with E-state index in [4.69, 9.17) is 0 Å². The van der Waals surface area contributed by atoms with Crippen molar-refractivity contribution in [3.63, 3.8) is 0 Å². The van der Waals surface area contributed by atoms with Gasteiger partial charge in [0.1, 0.15) is 0 Å². The Kier molecular flexibility index (Phi) is 7.71. The first-order chi connectivity index (χ1) is 13.2. The van der Waals surface area contributed by atoms with Gasteiger partial charge in [-0.1, -0.05) is 43.7 Å². The van der Waals surface area contributed by atoms with Gasteiger partial charge in [0.05, 0.1) is 5.92 Å². The number of nitrogens with zero attached hydrogens (tertiary/aromatic N) is 3. The topological polar surface area (TPSA) is 26.8 Å². The molecule has 0 aromatic heterocycles. The molecule has 0 bridgehead atoms. The number of hydrogen-bond acceptors (Lipinski definition) is 3. The molecule has 1 amide bonds. The molecule has 0 spiro atoms. The van der Waals surface area contributed by atoms with Gasteiger partial charge in [0.2, 0.25) is 5.91 Å². The Bertz CT molecular complexity index is 568. The second kappa shape index (κ2) is 10.2. The number of carbonyl (C=O) groups is 1. The van der Waals surface area contributed by atoms with E-state index in [0.29, 0.717) is 11.9 Å². The van der Waals surface area contributed by atoms with Crippen molar-refractivity contribution in [2.24, 2.45) is 5.92 Å². The van der Waals surface area contributed by atoms with Crippen LogP contribution < -0.4 is 0 Å². The highest BCUT2D eigenvalue weighted by molar-refractivity contribution is 5.78. The summed E-state index contributed by atoms with van der Waals surface area (Å²) in [5, 5.41) is 0. The fraction of sp³-hybridized carbons (Fsp3) is 0.696. The smallest absolute Gasteiger partial charge is 0.226 e. The lowest BCUT2D eigenvalue weighted by Gasteiger charge is -2.42. The molecule has 1 aromatic carbocycles. The minimum Gasteiger partial charge on any atom is -0.345 e. The van der Waals surface area contributed by atoms with E-state index in [1.165, 1.54) is 44.5 Å². The standard InChI is InChI=1S/C23H37N3O/c1-3-4-14-24(2)23(27)21-11-8-15-26(19-21)22-12-16-25(17-13-22)18-20-9-6-5-7-10-20/h5-7,9-10,21-22H,3-4,8,11-19H2,1-2H3/t21-/m1/s1. The van der Waals surface area contributed by atoms with Crippen LogP contribution in [-0.2, 0) is 11.3 Å². The number of carbonyl (C=O) groups excluding carboxylic acids is 1. The van der Waals surface area contributed by atoms with Crippen LogP contribution in [-0.4, -0.2) is 66.4 Å². The highest BCUT2D eigenvalue weighted by atomic mass is 16.2. The summed E-state index contributed by atoms with van der Waals surface area (Å²) in [6.45, 7) is 8.64. The van der Waals surface area contributed by atoms with Crippen LogP contribution in [0.3, 0.4) is 0 Å². The zero-order valence-electron chi connectivity index (χ0n) is 17.3. The van der Waals surface area contributed by atoms with Gasteiger partial charge in [0.25, 0.3) is 0 Å². The third-order valence-corrected chi connectivity index (χ3v) is 6.35. The van der Waals surface area contributed by atoms with Crippen LogP contribution in [0.1, 0.15) is 51.0 Å². The summed E-state index contributed by atoms with van der Waals surface area (Å²) in [5.41, 5.74) is 1.41. The fourth-order valence-electron chi connectivity index (χ4n) is 4.64. The van der Waals surface area contributed by atoms with Gasteiger partial charge in [-0.05, 0) is 57.3 Å². The first-order valence-electron chi connectivity index (χ1n) is 10.9. The Balaban J connectivity index is 1.46. The Morgan fingerprint density at radius 3 is 2.56 bits per heavy atom. The third kappa shape index (κ3) is 5.79. The van der Waals surface area contributed by atoms with Crippen LogP contribution in [0.15, 0.2) is 30.3 Å². The lowest BCUT2D eigenvalue weighted by molar-refractivity contribution is -0.136. The molecule has 3 rings (SSSR count). The monoisotopic (exact) mass is 371 g/mol. The minimum absolute atomic E-state index is 0.211. The van der Waals surface area contributed by atoms with Gasteiger partial charge in [0.15, 0.2) is 0 Å².